The van der Waals surface area contributed by atoms with E-state index in [1.54, 1.807) is 27.9 Å². The van der Waals surface area contributed by atoms with Crippen LogP contribution in [0.3, 0.4) is 0 Å². The lowest BCUT2D eigenvalue weighted by molar-refractivity contribution is -0.127. The third kappa shape index (κ3) is 4.68. The van der Waals surface area contributed by atoms with E-state index in [9.17, 15) is 14.0 Å². The zero-order valence-corrected chi connectivity index (χ0v) is 14.8. The molecule has 1 aliphatic rings. The van der Waals surface area contributed by atoms with Crippen LogP contribution < -0.4 is 5.32 Å². The number of nitrogens with zero attached hydrogens (tertiary/aromatic N) is 3. The lowest BCUT2D eigenvalue weighted by Crippen LogP contribution is -2.37. The molecule has 1 aromatic heterocycles. The maximum Gasteiger partial charge on any atom is 0.224 e. The number of amides is 2. The Bertz CT molecular complexity index is 772. The topological polar surface area (TPSA) is 67.2 Å². The molecule has 1 saturated heterocycles. The fraction of sp³-hybridized carbons (Fsp3) is 0.421. The quantitative estimate of drug-likeness (QED) is 0.819. The van der Waals surface area contributed by atoms with Crippen molar-refractivity contribution in [3.63, 3.8) is 0 Å². The standard InChI is InChI=1S/C19H23FN4O2/c1-14-6-9-21-24(14)11-8-18(25)22-17-12-19(26)23(13-17)10-7-15-2-4-16(20)5-3-15/h2-6,9,17H,7-8,10-13H2,1H3,(H,22,25). The van der Waals surface area contributed by atoms with Gasteiger partial charge < -0.3 is 10.2 Å². The summed E-state index contributed by atoms with van der Waals surface area (Å²) < 4.78 is 14.7. The van der Waals surface area contributed by atoms with Crippen LogP contribution in [0.15, 0.2) is 36.5 Å². The maximum atomic E-state index is 12.9. The van der Waals surface area contributed by atoms with Crippen LogP contribution in [0.4, 0.5) is 4.39 Å². The fourth-order valence-electron chi connectivity index (χ4n) is 3.14. The van der Waals surface area contributed by atoms with Crippen LogP contribution in [0.5, 0.6) is 0 Å². The van der Waals surface area contributed by atoms with Crippen molar-refractivity contribution in [2.24, 2.45) is 0 Å². The molecule has 1 fully saturated rings. The molecule has 2 aromatic rings. The minimum absolute atomic E-state index is 0.0420. The van der Waals surface area contributed by atoms with E-state index in [1.807, 2.05) is 13.0 Å². The molecule has 1 aromatic carbocycles. The number of rotatable bonds is 7. The SMILES string of the molecule is Cc1ccnn1CCC(=O)NC1CC(=O)N(CCc2ccc(F)cc2)C1. The van der Waals surface area contributed by atoms with Crippen molar-refractivity contribution in [1.82, 2.24) is 20.0 Å². The Hall–Kier alpha value is -2.70. The van der Waals surface area contributed by atoms with Crippen molar-refractivity contribution < 1.29 is 14.0 Å². The van der Waals surface area contributed by atoms with E-state index in [1.165, 1.54) is 12.1 Å². The van der Waals surface area contributed by atoms with E-state index in [0.29, 0.717) is 38.9 Å². The first-order valence-electron chi connectivity index (χ1n) is 8.81. The van der Waals surface area contributed by atoms with E-state index in [2.05, 4.69) is 10.4 Å². The molecule has 0 spiro atoms. The fourth-order valence-corrected chi connectivity index (χ4v) is 3.14. The first kappa shape index (κ1) is 18.1. The van der Waals surface area contributed by atoms with Crippen molar-refractivity contribution in [2.45, 2.75) is 38.8 Å². The number of carbonyl (C=O) groups excluding carboxylic acids is 2. The molecule has 26 heavy (non-hydrogen) atoms. The molecule has 1 unspecified atom stereocenters. The maximum absolute atomic E-state index is 12.9. The number of hydrogen-bond donors (Lipinski definition) is 1. The second-order valence-corrected chi connectivity index (χ2v) is 6.63. The second-order valence-electron chi connectivity index (χ2n) is 6.63. The molecule has 2 heterocycles. The third-order valence-electron chi connectivity index (χ3n) is 4.64. The van der Waals surface area contributed by atoms with Crippen LogP contribution in [0.2, 0.25) is 0 Å². The van der Waals surface area contributed by atoms with E-state index in [0.717, 1.165) is 11.3 Å². The lowest BCUT2D eigenvalue weighted by Gasteiger charge is -2.17. The van der Waals surface area contributed by atoms with Crippen molar-refractivity contribution in [1.29, 1.82) is 0 Å². The van der Waals surface area contributed by atoms with E-state index in [4.69, 9.17) is 0 Å². The van der Waals surface area contributed by atoms with Gasteiger partial charge in [-0.3, -0.25) is 14.3 Å². The van der Waals surface area contributed by atoms with Crippen molar-refractivity contribution in [2.75, 3.05) is 13.1 Å². The summed E-state index contributed by atoms with van der Waals surface area (Å²) in [6.45, 7) is 3.56. The average molecular weight is 358 g/mol. The van der Waals surface area contributed by atoms with E-state index in [-0.39, 0.29) is 23.7 Å². The molecule has 7 heteroatoms. The summed E-state index contributed by atoms with van der Waals surface area (Å²) in [6.07, 6.45) is 3.05. The molecule has 2 amide bonds. The van der Waals surface area contributed by atoms with Gasteiger partial charge in [0.05, 0.1) is 6.04 Å². The van der Waals surface area contributed by atoms with Gasteiger partial charge in [0.1, 0.15) is 5.82 Å². The molecular weight excluding hydrogens is 335 g/mol. The van der Waals surface area contributed by atoms with Gasteiger partial charge in [-0.05, 0) is 37.1 Å². The Morgan fingerprint density at radius 2 is 2.04 bits per heavy atom. The second kappa shape index (κ2) is 8.12. The van der Waals surface area contributed by atoms with Crippen LogP contribution >= 0.6 is 0 Å². The summed E-state index contributed by atoms with van der Waals surface area (Å²) in [5.74, 6) is -0.294. The van der Waals surface area contributed by atoms with Crippen molar-refractivity contribution >= 4 is 11.8 Å². The van der Waals surface area contributed by atoms with E-state index >= 15 is 0 Å². The number of carbonyl (C=O) groups is 2. The summed E-state index contributed by atoms with van der Waals surface area (Å²) in [5, 5.41) is 7.09. The van der Waals surface area contributed by atoms with Gasteiger partial charge >= 0.3 is 0 Å². The number of halogens is 1. The smallest absolute Gasteiger partial charge is 0.224 e. The highest BCUT2D eigenvalue weighted by Crippen LogP contribution is 2.13. The monoisotopic (exact) mass is 358 g/mol. The molecule has 3 rings (SSSR count). The first-order chi connectivity index (χ1) is 12.5. The summed E-state index contributed by atoms with van der Waals surface area (Å²) in [5.41, 5.74) is 2.00. The minimum Gasteiger partial charge on any atom is -0.351 e. The molecule has 0 radical (unpaired) electrons. The number of hydrogen-bond acceptors (Lipinski definition) is 3. The van der Waals surface area contributed by atoms with Gasteiger partial charge in [0.25, 0.3) is 0 Å². The lowest BCUT2D eigenvalue weighted by atomic mass is 10.1. The molecule has 1 atom stereocenters. The molecule has 138 valence electrons. The molecular formula is C19H23FN4O2. The van der Waals surface area contributed by atoms with Gasteiger partial charge in [-0.2, -0.15) is 5.10 Å². The number of aryl methyl sites for hydroxylation is 2. The van der Waals surface area contributed by atoms with Crippen LogP contribution in [-0.2, 0) is 22.6 Å². The molecule has 0 saturated carbocycles. The summed E-state index contributed by atoms with van der Waals surface area (Å²) in [6, 6.07) is 8.05. The van der Waals surface area contributed by atoms with Crippen LogP contribution in [0, 0.1) is 12.7 Å². The molecule has 0 aliphatic carbocycles. The van der Waals surface area contributed by atoms with Gasteiger partial charge in [-0.25, -0.2) is 4.39 Å². The van der Waals surface area contributed by atoms with Gasteiger partial charge in [0.15, 0.2) is 0 Å². The molecule has 6 nitrogen and oxygen atoms in total. The largest absolute Gasteiger partial charge is 0.351 e. The highest BCUT2D eigenvalue weighted by Gasteiger charge is 2.30. The van der Waals surface area contributed by atoms with Gasteiger partial charge in [0, 0.05) is 44.4 Å². The van der Waals surface area contributed by atoms with Crippen molar-refractivity contribution in [3.05, 3.63) is 53.6 Å². The van der Waals surface area contributed by atoms with Crippen LogP contribution in [0.25, 0.3) is 0 Å². The van der Waals surface area contributed by atoms with Gasteiger partial charge in [-0.1, -0.05) is 12.1 Å². The Morgan fingerprint density at radius 3 is 2.73 bits per heavy atom. The number of likely N-dealkylation sites (tertiary alicyclic amines) is 1. The molecule has 0 bridgehead atoms. The predicted molar refractivity (Wildman–Crippen MR) is 94.8 cm³/mol. The van der Waals surface area contributed by atoms with Gasteiger partial charge in [0.2, 0.25) is 11.8 Å². The molecule has 1 N–H and O–H groups in total. The molecule has 1 aliphatic heterocycles. The number of benzene rings is 1. The summed E-state index contributed by atoms with van der Waals surface area (Å²) in [7, 11) is 0. The Labute approximate surface area is 152 Å². The first-order valence-corrected chi connectivity index (χ1v) is 8.81. The Morgan fingerprint density at radius 1 is 1.27 bits per heavy atom. The van der Waals surface area contributed by atoms with Crippen molar-refractivity contribution in [3.8, 4) is 0 Å². The summed E-state index contributed by atoms with van der Waals surface area (Å²) >= 11 is 0. The summed E-state index contributed by atoms with van der Waals surface area (Å²) in [4.78, 5) is 26.0. The predicted octanol–water partition coefficient (Wildman–Crippen LogP) is 1.68. The highest BCUT2D eigenvalue weighted by atomic mass is 19.1. The van der Waals surface area contributed by atoms with Gasteiger partial charge in [-0.15, -0.1) is 0 Å². The van der Waals surface area contributed by atoms with Crippen LogP contribution in [0.1, 0.15) is 24.1 Å². The Kier molecular flexibility index (Phi) is 5.65. The minimum atomic E-state index is -0.265. The normalized spacial score (nSPS) is 16.9. The van der Waals surface area contributed by atoms with Crippen LogP contribution in [-0.4, -0.2) is 45.6 Å². The zero-order valence-electron chi connectivity index (χ0n) is 14.8. The number of nitrogens with one attached hydrogen (secondary N) is 1. The number of aromatic nitrogens is 2. The zero-order chi connectivity index (χ0) is 18.5. The van der Waals surface area contributed by atoms with E-state index < -0.39 is 0 Å². The average Bonchev–Trinajstić information content (AvgIpc) is 3.17. The Balaban J connectivity index is 1.42. The third-order valence-corrected chi connectivity index (χ3v) is 4.64. The highest BCUT2D eigenvalue weighted by molar-refractivity contribution is 5.82.